The van der Waals surface area contributed by atoms with Crippen molar-refractivity contribution in [1.29, 1.82) is 0 Å². The van der Waals surface area contributed by atoms with Gasteiger partial charge in [0.05, 0.1) is 6.54 Å². The van der Waals surface area contributed by atoms with Crippen molar-refractivity contribution in [1.82, 2.24) is 14.5 Å². The van der Waals surface area contributed by atoms with Crippen molar-refractivity contribution in [3.63, 3.8) is 0 Å². The summed E-state index contributed by atoms with van der Waals surface area (Å²) < 4.78 is 82.8. The number of aliphatic hydroxyl groups is 1. The highest BCUT2D eigenvalue weighted by Crippen LogP contribution is 2.43. The van der Waals surface area contributed by atoms with Crippen molar-refractivity contribution in [2.24, 2.45) is 0 Å². The van der Waals surface area contributed by atoms with Gasteiger partial charge in [-0.3, -0.25) is 4.98 Å². The third-order valence-electron chi connectivity index (χ3n) is 6.30. The minimum atomic E-state index is -5.15. The van der Waals surface area contributed by atoms with Crippen molar-refractivity contribution in [2.45, 2.75) is 44.3 Å². The van der Waals surface area contributed by atoms with Gasteiger partial charge in [0.1, 0.15) is 5.69 Å². The Morgan fingerprint density at radius 2 is 1.70 bits per heavy atom. The Morgan fingerprint density at radius 3 is 2.30 bits per heavy atom. The number of pyridine rings is 1. The van der Waals surface area contributed by atoms with Crippen molar-refractivity contribution in [2.75, 3.05) is 20.1 Å². The maximum Gasteiger partial charge on any atom is 0.433 e. The molecule has 178 valence electrons. The maximum absolute atomic E-state index is 14.2. The Morgan fingerprint density at radius 1 is 1.00 bits per heavy atom. The molecule has 2 aromatic heterocycles. The first kappa shape index (κ1) is 23.6. The minimum Gasteiger partial charge on any atom is -0.375 e. The number of rotatable bonds is 3. The predicted molar refractivity (Wildman–Crippen MR) is 111 cm³/mol. The average Bonchev–Trinajstić information content (AvgIpc) is 2.86. The van der Waals surface area contributed by atoms with E-state index in [2.05, 4.69) is 9.88 Å². The van der Waals surface area contributed by atoms with E-state index in [9.17, 15) is 31.4 Å². The highest BCUT2D eigenvalue weighted by Gasteiger charge is 2.56. The number of hydrogen-bond acceptors (Lipinski definition) is 3. The number of nitrogens with zero attached hydrogens (tertiary/aromatic N) is 3. The van der Waals surface area contributed by atoms with E-state index in [-0.39, 0.29) is 0 Å². The lowest BCUT2D eigenvalue weighted by atomic mass is 9.93. The molecule has 10 heteroatoms. The van der Waals surface area contributed by atoms with E-state index < -0.39 is 35.8 Å². The van der Waals surface area contributed by atoms with Gasteiger partial charge in [0.15, 0.2) is 0 Å². The number of aromatic nitrogens is 2. The second-order valence-corrected chi connectivity index (χ2v) is 8.62. The number of benzene rings is 1. The topological polar surface area (TPSA) is 41.3 Å². The van der Waals surface area contributed by atoms with Gasteiger partial charge in [0, 0.05) is 47.9 Å². The zero-order valence-electron chi connectivity index (χ0n) is 18.1. The van der Waals surface area contributed by atoms with Gasteiger partial charge in [-0.1, -0.05) is 17.7 Å². The lowest BCUT2D eigenvalue weighted by Gasteiger charge is -2.32. The van der Waals surface area contributed by atoms with Crippen LogP contribution in [0.4, 0.5) is 26.3 Å². The summed E-state index contributed by atoms with van der Waals surface area (Å²) in [4.78, 5) is 5.23. The molecule has 3 aromatic rings. The van der Waals surface area contributed by atoms with Gasteiger partial charge in [0.25, 0.3) is 0 Å². The Kier molecular flexibility index (Phi) is 5.73. The van der Waals surface area contributed by atoms with Crippen molar-refractivity contribution < 1.29 is 31.4 Å². The summed E-state index contributed by atoms with van der Waals surface area (Å²) in [5.74, 6) is 0. The van der Waals surface area contributed by atoms with Crippen LogP contribution in [0.15, 0.2) is 36.5 Å². The van der Waals surface area contributed by atoms with Crippen LogP contribution in [0.2, 0.25) is 0 Å². The van der Waals surface area contributed by atoms with Crippen molar-refractivity contribution in [3.05, 3.63) is 64.6 Å². The standard InChI is InChI=1S/C23H23F6N3O/c1-14-3-5-18-17(11-14)16-7-9-31(2)10-8-19(16)32(18)13-21(33,23(27,28)29)15-4-6-20(30-12-15)22(24,25)26/h3-6,11-12,33H,7-10,13H2,1-2H3. The van der Waals surface area contributed by atoms with Crippen LogP contribution in [0.1, 0.15) is 28.1 Å². The molecule has 0 bridgehead atoms. The van der Waals surface area contributed by atoms with Gasteiger partial charge in [0.2, 0.25) is 5.60 Å². The molecule has 0 radical (unpaired) electrons. The number of fused-ring (bicyclic) bond motifs is 3. The van der Waals surface area contributed by atoms with Crippen LogP contribution in [-0.4, -0.2) is 45.9 Å². The first-order chi connectivity index (χ1) is 15.3. The molecule has 3 heterocycles. The van der Waals surface area contributed by atoms with E-state index in [1.807, 2.05) is 20.0 Å². The second-order valence-electron chi connectivity index (χ2n) is 8.62. The molecule has 1 N–H and O–H groups in total. The molecular formula is C23H23F6N3O. The third kappa shape index (κ3) is 4.21. The molecular weight excluding hydrogens is 448 g/mol. The van der Waals surface area contributed by atoms with Crippen molar-refractivity contribution in [3.8, 4) is 0 Å². The summed E-state index contributed by atoms with van der Waals surface area (Å²) in [5.41, 5.74) is -2.34. The summed E-state index contributed by atoms with van der Waals surface area (Å²) in [6.07, 6.45) is -8.36. The van der Waals surface area contributed by atoms with Gasteiger partial charge in [-0.25, -0.2) is 0 Å². The number of likely N-dealkylation sites (N-methyl/N-ethyl adjacent to an activating group) is 1. The predicted octanol–water partition coefficient (Wildman–Crippen LogP) is 4.84. The first-order valence-electron chi connectivity index (χ1n) is 10.4. The van der Waals surface area contributed by atoms with Crippen molar-refractivity contribution >= 4 is 10.9 Å². The summed E-state index contributed by atoms with van der Waals surface area (Å²) in [5, 5.41) is 11.8. The molecule has 4 nitrogen and oxygen atoms in total. The van der Waals surface area contributed by atoms with Crippen LogP contribution in [0.25, 0.3) is 10.9 Å². The number of halogens is 6. The highest BCUT2D eigenvalue weighted by molar-refractivity contribution is 5.86. The SMILES string of the molecule is Cc1ccc2c(c1)c1c(n2CC(O)(c2ccc(C(F)(F)F)nc2)C(F)(F)F)CCN(C)CC1. The molecule has 0 saturated heterocycles. The smallest absolute Gasteiger partial charge is 0.375 e. The molecule has 33 heavy (non-hydrogen) atoms. The summed E-state index contributed by atoms with van der Waals surface area (Å²) >= 11 is 0. The zero-order valence-corrected chi connectivity index (χ0v) is 18.1. The van der Waals surface area contributed by atoms with Gasteiger partial charge in [-0.2, -0.15) is 26.3 Å². The zero-order chi connectivity index (χ0) is 24.2. The molecule has 1 aromatic carbocycles. The fourth-order valence-electron chi connectivity index (χ4n) is 4.43. The molecule has 4 rings (SSSR count). The van der Waals surface area contributed by atoms with E-state index in [0.717, 1.165) is 23.1 Å². The van der Waals surface area contributed by atoms with Gasteiger partial charge >= 0.3 is 12.4 Å². The summed E-state index contributed by atoms with van der Waals surface area (Å²) in [7, 11) is 1.93. The molecule has 0 amide bonds. The summed E-state index contributed by atoms with van der Waals surface area (Å²) in [6.45, 7) is 2.38. The quantitative estimate of drug-likeness (QED) is 0.556. The largest absolute Gasteiger partial charge is 0.433 e. The Bertz CT molecular complexity index is 1170. The van der Waals surface area contributed by atoms with Crippen LogP contribution < -0.4 is 0 Å². The average molecular weight is 471 g/mol. The molecule has 0 spiro atoms. The van der Waals surface area contributed by atoms with Gasteiger partial charge < -0.3 is 14.6 Å². The Labute approximate surface area is 186 Å². The van der Waals surface area contributed by atoms with Crippen LogP contribution in [0, 0.1) is 6.92 Å². The highest BCUT2D eigenvalue weighted by atomic mass is 19.4. The van der Waals surface area contributed by atoms with Crippen LogP contribution in [0.3, 0.4) is 0 Å². The van der Waals surface area contributed by atoms with E-state index in [0.29, 0.717) is 48.9 Å². The fraction of sp³-hybridized carbons (Fsp3) is 0.435. The number of hydrogen-bond donors (Lipinski definition) is 1. The Balaban J connectivity index is 1.87. The maximum atomic E-state index is 14.2. The normalized spacial score (nSPS) is 17.6. The Hall–Kier alpha value is -2.59. The summed E-state index contributed by atoms with van der Waals surface area (Å²) in [6, 6.07) is 6.54. The van der Waals surface area contributed by atoms with Crippen LogP contribution in [0.5, 0.6) is 0 Å². The number of alkyl halides is 6. The molecule has 1 aliphatic rings. The number of aryl methyl sites for hydroxylation is 1. The van der Waals surface area contributed by atoms with E-state index in [1.54, 1.807) is 12.1 Å². The lowest BCUT2D eigenvalue weighted by Crippen LogP contribution is -2.46. The van der Waals surface area contributed by atoms with Gasteiger partial charge in [-0.15, -0.1) is 0 Å². The third-order valence-corrected chi connectivity index (χ3v) is 6.30. The van der Waals surface area contributed by atoms with E-state index in [1.165, 1.54) is 4.57 Å². The van der Waals surface area contributed by atoms with E-state index >= 15 is 0 Å². The second kappa shape index (κ2) is 8.02. The van der Waals surface area contributed by atoms with E-state index in [4.69, 9.17) is 0 Å². The molecule has 1 aliphatic heterocycles. The molecule has 1 unspecified atom stereocenters. The monoisotopic (exact) mass is 471 g/mol. The first-order valence-corrected chi connectivity index (χ1v) is 10.4. The minimum absolute atomic E-state index is 0.457. The fourth-order valence-corrected chi connectivity index (χ4v) is 4.43. The van der Waals surface area contributed by atoms with Crippen LogP contribution >= 0.6 is 0 Å². The van der Waals surface area contributed by atoms with Crippen LogP contribution in [-0.2, 0) is 31.2 Å². The lowest BCUT2D eigenvalue weighted by molar-refractivity contribution is -0.271. The molecule has 0 saturated carbocycles. The molecule has 0 aliphatic carbocycles. The van der Waals surface area contributed by atoms with Gasteiger partial charge in [-0.05, 0) is 44.2 Å². The molecule has 0 fully saturated rings. The molecule has 1 atom stereocenters.